The molecule has 0 N–H and O–H groups in total. The highest BCUT2D eigenvalue weighted by Gasteiger charge is 2.34. The number of carbonyl (C=O) groups excluding carboxylic acids is 2. The molecule has 0 radical (unpaired) electrons. The molecule has 0 saturated carbocycles. The maximum absolute atomic E-state index is 12.5. The van der Waals surface area contributed by atoms with Gasteiger partial charge in [0, 0.05) is 6.54 Å². The Hall–Kier alpha value is -2.62. The molecule has 0 bridgehead atoms. The molecule has 2 aromatic carbocycles. The summed E-state index contributed by atoms with van der Waals surface area (Å²) in [6, 6.07) is 13.4. The van der Waals surface area contributed by atoms with Crippen LogP contribution in [0.15, 0.2) is 42.5 Å². The van der Waals surface area contributed by atoms with E-state index in [9.17, 15) is 9.59 Å². The Bertz CT molecular complexity index is 823. The lowest BCUT2D eigenvalue weighted by molar-refractivity contribution is 0.0650. The van der Waals surface area contributed by atoms with Crippen LogP contribution in [-0.2, 0) is 6.42 Å². The minimum atomic E-state index is -0.156. The molecule has 0 aromatic heterocycles. The van der Waals surface area contributed by atoms with Crippen molar-refractivity contribution < 1.29 is 14.3 Å². The molecule has 2 aliphatic rings. The molecular formula is C22H23NO3. The van der Waals surface area contributed by atoms with E-state index in [1.54, 1.807) is 31.4 Å². The molecule has 2 amide bonds. The first-order valence-electron chi connectivity index (χ1n) is 9.31. The minimum absolute atomic E-state index is 0.156. The Morgan fingerprint density at radius 2 is 1.77 bits per heavy atom. The van der Waals surface area contributed by atoms with Crippen LogP contribution in [0.2, 0.25) is 0 Å². The first-order valence-corrected chi connectivity index (χ1v) is 9.31. The average molecular weight is 349 g/mol. The van der Waals surface area contributed by atoms with Crippen LogP contribution in [0.1, 0.15) is 63.4 Å². The molecule has 0 fully saturated rings. The van der Waals surface area contributed by atoms with E-state index in [0.29, 0.717) is 23.6 Å². The van der Waals surface area contributed by atoms with E-state index in [4.69, 9.17) is 4.74 Å². The van der Waals surface area contributed by atoms with Gasteiger partial charge in [-0.15, -0.1) is 0 Å². The predicted molar refractivity (Wildman–Crippen MR) is 99.7 cm³/mol. The van der Waals surface area contributed by atoms with E-state index in [2.05, 4.69) is 12.1 Å². The number of rotatable bonds is 5. The van der Waals surface area contributed by atoms with Gasteiger partial charge in [0.15, 0.2) is 0 Å². The van der Waals surface area contributed by atoms with Crippen LogP contribution in [0, 0.1) is 0 Å². The smallest absolute Gasteiger partial charge is 0.261 e. The summed E-state index contributed by atoms with van der Waals surface area (Å²) < 4.78 is 5.51. The van der Waals surface area contributed by atoms with Crippen molar-refractivity contribution in [3.05, 3.63) is 64.7 Å². The summed E-state index contributed by atoms with van der Waals surface area (Å²) in [5, 5.41) is 0. The second-order valence-electron chi connectivity index (χ2n) is 7.07. The molecule has 1 unspecified atom stereocenters. The lowest BCUT2D eigenvalue weighted by atomic mass is 9.80. The number of carbonyl (C=O) groups is 2. The lowest BCUT2D eigenvalue weighted by Gasteiger charge is -2.27. The van der Waals surface area contributed by atoms with Crippen molar-refractivity contribution >= 4 is 11.8 Å². The van der Waals surface area contributed by atoms with Gasteiger partial charge in [-0.2, -0.15) is 0 Å². The molecule has 1 heterocycles. The van der Waals surface area contributed by atoms with Gasteiger partial charge in [0.1, 0.15) is 5.75 Å². The molecule has 2 aromatic rings. The molecule has 1 aliphatic heterocycles. The van der Waals surface area contributed by atoms with Gasteiger partial charge in [-0.05, 0) is 67.3 Å². The Morgan fingerprint density at radius 1 is 1.04 bits per heavy atom. The summed E-state index contributed by atoms with van der Waals surface area (Å²) in [5.41, 5.74) is 3.76. The van der Waals surface area contributed by atoms with E-state index in [1.165, 1.54) is 16.0 Å². The largest absolute Gasteiger partial charge is 0.496 e. The zero-order valence-corrected chi connectivity index (χ0v) is 15.0. The van der Waals surface area contributed by atoms with Crippen LogP contribution in [0.3, 0.4) is 0 Å². The number of ether oxygens (including phenoxy) is 1. The van der Waals surface area contributed by atoms with Gasteiger partial charge in [0.05, 0.1) is 18.2 Å². The van der Waals surface area contributed by atoms with Gasteiger partial charge in [-0.1, -0.05) is 24.3 Å². The molecule has 4 rings (SSSR count). The fourth-order valence-corrected chi connectivity index (χ4v) is 4.34. The van der Waals surface area contributed by atoms with Gasteiger partial charge < -0.3 is 4.74 Å². The van der Waals surface area contributed by atoms with Gasteiger partial charge in [-0.3, -0.25) is 14.5 Å². The second-order valence-corrected chi connectivity index (χ2v) is 7.07. The Morgan fingerprint density at radius 3 is 2.46 bits per heavy atom. The Kier molecular flexibility index (Phi) is 4.49. The van der Waals surface area contributed by atoms with E-state index >= 15 is 0 Å². The molecule has 0 spiro atoms. The maximum Gasteiger partial charge on any atom is 0.261 e. The number of hydrogen-bond donors (Lipinski definition) is 0. The first kappa shape index (κ1) is 16.8. The third-order valence-corrected chi connectivity index (χ3v) is 5.62. The molecular weight excluding hydrogens is 326 g/mol. The predicted octanol–water partition coefficient (Wildman–Crippen LogP) is 4.19. The monoisotopic (exact) mass is 349 g/mol. The van der Waals surface area contributed by atoms with Gasteiger partial charge in [0.25, 0.3) is 11.8 Å². The van der Waals surface area contributed by atoms with E-state index in [1.807, 2.05) is 6.07 Å². The van der Waals surface area contributed by atoms with Crippen molar-refractivity contribution in [3.8, 4) is 5.75 Å². The van der Waals surface area contributed by atoms with E-state index in [-0.39, 0.29) is 11.8 Å². The molecule has 4 nitrogen and oxygen atoms in total. The zero-order valence-electron chi connectivity index (χ0n) is 15.0. The summed E-state index contributed by atoms with van der Waals surface area (Å²) in [6.07, 6.45) is 5.18. The summed E-state index contributed by atoms with van der Waals surface area (Å²) in [7, 11) is 1.72. The third kappa shape index (κ3) is 2.79. The minimum Gasteiger partial charge on any atom is -0.496 e. The molecule has 0 saturated heterocycles. The number of fused-ring (bicyclic) bond motifs is 2. The van der Waals surface area contributed by atoms with Crippen molar-refractivity contribution in [1.29, 1.82) is 0 Å². The molecule has 1 atom stereocenters. The van der Waals surface area contributed by atoms with Crippen molar-refractivity contribution in [2.45, 2.75) is 38.0 Å². The number of imide groups is 1. The van der Waals surface area contributed by atoms with Crippen LogP contribution < -0.4 is 4.74 Å². The number of nitrogens with zero attached hydrogens (tertiary/aromatic N) is 1. The van der Waals surface area contributed by atoms with Crippen LogP contribution in [0.5, 0.6) is 5.75 Å². The van der Waals surface area contributed by atoms with E-state index in [0.717, 1.165) is 37.9 Å². The van der Waals surface area contributed by atoms with Crippen molar-refractivity contribution in [3.63, 3.8) is 0 Å². The third-order valence-electron chi connectivity index (χ3n) is 5.62. The number of amides is 2. The maximum atomic E-state index is 12.5. The van der Waals surface area contributed by atoms with Gasteiger partial charge in [-0.25, -0.2) is 0 Å². The highest BCUT2D eigenvalue weighted by molar-refractivity contribution is 6.21. The lowest BCUT2D eigenvalue weighted by Crippen LogP contribution is -2.31. The van der Waals surface area contributed by atoms with Crippen LogP contribution in [0.4, 0.5) is 0 Å². The topological polar surface area (TPSA) is 46.6 Å². The van der Waals surface area contributed by atoms with Crippen molar-refractivity contribution in [1.82, 2.24) is 4.90 Å². The molecule has 134 valence electrons. The van der Waals surface area contributed by atoms with Crippen LogP contribution in [0.25, 0.3) is 0 Å². The fraction of sp³-hybridized carbons (Fsp3) is 0.364. The highest BCUT2D eigenvalue weighted by Crippen LogP contribution is 2.39. The summed E-state index contributed by atoms with van der Waals surface area (Å²) in [5.74, 6) is 1.14. The number of methoxy groups -OCH3 is 1. The number of benzene rings is 2. The normalized spacial score (nSPS) is 18.7. The van der Waals surface area contributed by atoms with Crippen LogP contribution in [-0.4, -0.2) is 30.4 Å². The Labute approximate surface area is 153 Å². The highest BCUT2D eigenvalue weighted by atomic mass is 16.5. The fourth-order valence-electron chi connectivity index (χ4n) is 4.34. The average Bonchev–Trinajstić information content (AvgIpc) is 2.93. The van der Waals surface area contributed by atoms with Gasteiger partial charge >= 0.3 is 0 Å². The standard InChI is InChI=1S/C22H23NO3/c1-26-20-13-5-11-16-15(7-4-12-17(16)20)8-6-14-23-21(24)18-9-2-3-10-19(18)22(23)25/h2-3,5,9-11,13,15H,4,6-8,12,14H2,1H3. The first-order chi connectivity index (χ1) is 12.7. The summed E-state index contributed by atoms with van der Waals surface area (Å²) in [4.78, 5) is 26.3. The summed E-state index contributed by atoms with van der Waals surface area (Å²) in [6.45, 7) is 0.488. The van der Waals surface area contributed by atoms with Crippen LogP contribution >= 0.6 is 0 Å². The van der Waals surface area contributed by atoms with Gasteiger partial charge in [0.2, 0.25) is 0 Å². The molecule has 26 heavy (non-hydrogen) atoms. The van der Waals surface area contributed by atoms with Crippen molar-refractivity contribution in [2.24, 2.45) is 0 Å². The second kappa shape index (κ2) is 6.94. The zero-order chi connectivity index (χ0) is 18.1. The van der Waals surface area contributed by atoms with Crippen molar-refractivity contribution in [2.75, 3.05) is 13.7 Å². The summed E-state index contributed by atoms with van der Waals surface area (Å²) >= 11 is 0. The Balaban J connectivity index is 1.43. The number of hydrogen-bond acceptors (Lipinski definition) is 3. The van der Waals surface area contributed by atoms with E-state index < -0.39 is 0 Å². The SMILES string of the molecule is COc1cccc2c1CCCC2CCCN1C(=O)c2ccccc2C1=O. The quantitative estimate of drug-likeness (QED) is 0.760. The molecule has 1 aliphatic carbocycles. The molecule has 4 heteroatoms.